The Labute approximate surface area is 127 Å². The van der Waals surface area contributed by atoms with Crippen LogP contribution in [0.15, 0.2) is 48.5 Å². The van der Waals surface area contributed by atoms with E-state index < -0.39 is 12.1 Å². The van der Waals surface area contributed by atoms with Gasteiger partial charge in [-0.2, -0.15) is 5.26 Å². The summed E-state index contributed by atoms with van der Waals surface area (Å²) in [5.74, 6) is 0.687. The van der Waals surface area contributed by atoms with Crippen LogP contribution in [-0.2, 0) is 16.1 Å². The standard InChI is InChI=1S/C17H13NO4/c18-9-12-5-7-13(8-6-12)10-21-17(19)16-11-20-14-3-1-2-4-15(14)22-16/h1-8,16H,10-11H2. The number of para-hydroxylation sites is 2. The molecule has 0 radical (unpaired) electrons. The maximum atomic E-state index is 12.0. The van der Waals surface area contributed by atoms with Crippen molar-refractivity contribution in [1.82, 2.24) is 0 Å². The Morgan fingerprint density at radius 3 is 2.64 bits per heavy atom. The van der Waals surface area contributed by atoms with E-state index in [2.05, 4.69) is 0 Å². The topological polar surface area (TPSA) is 68.5 Å². The van der Waals surface area contributed by atoms with Crippen molar-refractivity contribution < 1.29 is 19.0 Å². The summed E-state index contributed by atoms with van der Waals surface area (Å²) in [6.45, 7) is 0.259. The predicted molar refractivity (Wildman–Crippen MR) is 77.3 cm³/mol. The highest BCUT2D eigenvalue weighted by Gasteiger charge is 2.28. The molecule has 0 spiro atoms. The van der Waals surface area contributed by atoms with Crippen molar-refractivity contribution in [3.05, 3.63) is 59.7 Å². The van der Waals surface area contributed by atoms with Gasteiger partial charge in [-0.1, -0.05) is 24.3 Å². The van der Waals surface area contributed by atoms with E-state index in [0.29, 0.717) is 17.1 Å². The first-order valence-corrected chi connectivity index (χ1v) is 6.80. The van der Waals surface area contributed by atoms with Gasteiger partial charge in [0.2, 0.25) is 6.10 Å². The monoisotopic (exact) mass is 295 g/mol. The molecule has 5 heteroatoms. The summed E-state index contributed by atoms with van der Waals surface area (Å²) in [6, 6.07) is 16.1. The first-order chi connectivity index (χ1) is 10.8. The van der Waals surface area contributed by atoms with Crippen LogP contribution in [0.2, 0.25) is 0 Å². The second-order valence-electron chi connectivity index (χ2n) is 4.78. The third-order valence-corrected chi connectivity index (χ3v) is 3.24. The Morgan fingerprint density at radius 2 is 1.91 bits per heavy atom. The van der Waals surface area contributed by atoms with Crippen LogP contribution in [0.25, 0.3) is 0 Å². The third-order valence-electron chi connectivity index (χ3n) is 3.24. The minimum atomic E-state index is -0.770. The number of benzene rings is 2. The molecule has 0 fully saturated rings. The van der Waals surface area contributed by atoms with Gasteiger partial charge in [0, 0.05) is 0 Å². The number of ether oxygens (including phenoxy) is 3. The number of esters is 1. The maximum absolute atomic E-state index is 12.0. The molecule has 0 aromatic heterocycles. The molecule has 0 amide bonds. The molecule has 2 aromatic rings. The van der Waals surface area contributed by atoms with E-state index in [1.165, 1.54) is 0 Å². The zero-order chi connectivity index (χ0) is 15.4. The number of hydrogen-bond donors (Lipinski definition) is 0. The van der Waals surface area contributed by atoms with E-state index in [9.17, 15) is 4.79 Å². The van der Waals surface area contributed by atoms with Crippen molar-refractivity contribution in [2.45, 2.75) is 12.7 Å². The van der Waals surface area contributed by atoms with Crippen LogP contribution < -0.4 is 9.47 Å². The first-order valence-electron chi connectivity index (χ1n) is 6.80. The molecule has 0 N–H and O–H groups in total. The molecule has 3 rings (SSSR count). The summed E-state index contributed by atoms with van der Waals surface area (Å²) in [4.78, 5) is 12.0. The van der Waals surface area contributed by atoms with E-state index in [0.717, 1.165) is 5.56 Å². The molecule has 0 bridgehead atoms. The highest BCUT2D eigenvalue weighted by Crippen LogP contribution is 2.31. The lowest BCUT2D eigenvalue weighted by Gasteiger charge is -2.24. The maximum Gasteiger partial charge on any atom is 0.351 e. The van der Waals surface area contributed by atoms with Crippen molar-refractivity contribution in [2.24, 2.45) is 0 Å². The van der Waals surface area contributed by atoms with Crippen LogP contribution in [0.5, 0.6) is 11.5 Å². The number of hydrogen-bond acceptors (Lipinski definition) is 5. The van der Waals surface area contributed by atoms with Crippen molar-refractivity contribution in [3.63, 3.8) is 0 Å². The number of fused-ring (bicyclic) bond motifs is 1. The van der Waals surface area contributed by atoms with Crippen molar-refractivity contribution in [3.8, 4) is 17.6 Å². The fraction of sp³-hybridized carbons (Fsp3) is 0.176. The van der Waals surface area contributed by atoms with Gasteiger partial charge in [0.25, 0.3) is 0 Å². The average Bonchev–Trinajstić information content (AvgIpc) is 2.59. The summed E-state index contributed by atoms with van der Waals surface area (Å²) in [5.41, 5.74) is 1.38. The van der Waals surface area contributed by atoms with Gasteiger partial charge in [0.05, 0.1) is 11.6 Å². The molecular formula is C17H13NO4. The van der Waals surface area contributed by atoms with E-state index in [1.54, 1.807) is 36.4 Å². The molecule has 2 aromatic carbocycles. The highest BCUT2D eigenvalue weighted by atomic mass is 16.6. The summed E-state index contributed by atoms with van der Waals surface area (Å²) < 4.78 is 16.3. The second-order valence-corrected chi connectivity index (χ2v) is 4.78. The van der Waals surface area contributed by atoms with Crippen molar-refractivity contribution in [1.29, 1.82) is 5.26 Å². The Bertz CT molecular complexity index is 718. The van der Waals surface area contributed by atoms with Gasteiger partial charge in [-0.15, -0.1) is 0 Å². The second kappa shape index (κ2) is 6.19. The Morgan fingerprint density at radius 1 is 1.18 bits per heavy atom. The first kappa shape index (κ1) is 14.0. The van der Waals surface area contributed by atoms with Crippen LogP contribution in [0.4, 0.5) is 0 Å². The van der Waals surface area contributed by atoms with Crippen LogP contribution >= 0.6 is 0 Å². The quantitative estimate of drug-likeness (QED) is 0.813. The van der Waals surface area contributed by atoms with Crippen LogP contribution in [0, 0.1) is 11.3 Å². The summed E-state index contributed by atoms with van der Waals surface area (Å²) in [6.07, 6.45) is -0.770. The van der Waals surface area contributed by atoms with Gasteiger partial charge < -0.3 is 14.2 Å². The number of nitrogens with zero attached hydrogens (tertiary/aromatic N) is 1. The highest BCUT2D eigenvalue weighted by molar-refractivity contribution is 5.76. The summed E-state index contributed by atoms with van der Waals surface area (Å²) >= 11 is 0. The molecule has 110 valence electrons. The lowest BCUT2D eigenvalue weighted by Crippen LogP contribution is -2.37. The zero-order valence-corrected chi connectivity index (χ0v) is 11.7. The molecule has 0 saturated heterocycles. The minimum absolute atomic E-state index is 0.128. The molecule has 0 saturated carbocycles. The number of carbonyl (C=O) groups excluding carboxylic acids is 1. The van der Waals surface area contributed by atoms with Gasteiger partial charge in [-0.3, -0.25) is 0 Å². The molecular weight excluding hydrogens is 282 g/mol. The Balaban J connectivity index is 1.57. The van der Waals surface area contributed by atoms with E-state index >= 15 is 0 Å². The van der Waals surface area contributed by atoms with E-state index in [-0.39, 0.29) is 13.2 Å². The predicted octanol–water partition coefficient (Wildman–Crippen LogP) is 2.44. The lowest BCUT2D eigenvalue weighted by atomic mass is 10.2. The van der Waals surface area contributed by atoms with Gasteiger partial charge >= 0.3 is 5.97 Å². The van der Waals surface area contributed by atoms with Gasteiger partial charge in [0.1, 0.15) is 13.2 Å². The average molecular weight is 295 g/mol. The van der Waals surface area contributed by atoms with Gasteiger partial charge in [-0.25, -0.2) is 4.79 Å². The summed E-state index contributed by atoms with van der Waals surface area (Å²) in [7, 11) is 0. The Kier molecular flexibility index (Phi) is 3.92. The lowest BCUT2D eigenvalue weighted by molar-refractivity contribution is -0.155. The van der Waals surface area contributed by atoms with E-state index in [4.69, 9.17) is 19.5 Å². The summed E-state index contributed by atoms with van der Waals surface area (Å²) in [5, 5.41) is 8.73. The van der Waals surface area contributed by atoms with Crippen LogP contribution in [-0.4, -0.2) is 18.7 Å². The SMILES string of the molecule is N#Cc1ccc(COC(=O)C2COc3ccccc3O2)cc1. The number of carbonyl (C=O) groups is 1. The number of rotatable bonds is 3. The fourth-order valence-corrected chi connectivity index (χ4v) is 2.06. The zero-order valence-electron chi connectivity index (χ0n) is 11.7. The largest absolute Gasteiger partial charge is 0.485 e. The molecule has 1 aliphatic rings. The molecule has 1 unspecified atom stereocenters. The minimum Gasteiger partial charge on any atom is -0.485 e. The smallest absolute Gasteiger partial charge is 0.351 e. The number of nitriles is 1. The van der Waals surface area contributed by atoms with Gasteiger partial charge in [0.15, 0.2) is 11.5 Å². The molecule has 1 atom stereocenters. The normalized spacial score (nSPS) is 15.7. The molecule has 5 nitrogen and oxygen atoms in total. The van der Waals surface area contributed by atoms with E-state index in [1.807, 2.05) is 18.2 Å². The fourth-order valence-electron chi connectivity index (χ4n) is 2.06. The Hall–Kier alpha value is -3.00. The molecule has 1 aliphatic heterocycles. The van der Waals surface area contributed by atoms with Crippen LogP contribution in [0.1, 0.15) is 11.1 Å². The van der Waals surface area contributed by atoms with Crippen LogP contribution in [0.3, 0.4) is 0 Å². The van der Waals surface area contributed by atoms with Crippen molar-refractivity contribution >= 4 is 5.97 Å². The van der Waals surface area contributed by atoms with Gasteiger partial charge in [-0.05, 0) is 29.8 Å². The molecule has 0 aliphatic carbocycles. The molecule has 1 heterocycles. The third kappa shape index (κ3) is 3.01. The molecule has 22 heavy (non-hydrogen) atoms. The van der Waals surface area contributed by atoms with Crippen molar-refractivity contribution in [2.75, 3.05) is 6.61 Å².